The van der Waals surface area contributed by atoms with E-state index in [9.17, 15) is 37.1 Å². The predicted molar refractivity (Wildman–Crippen MR) is 250 cm³/mol. The van der Waals surface area contributed by atoms with Gasteiger partial charge in [0.25, 0.3) is 11.8 Å². The van der Waals surface area contributed by atoms with Crippen LogP contribution in [0.1, 0.15) is 101 Å². The molecular formula is C51H50ClF4N7O7. The molecule has 5 aliphatic rings. The van der Waals surface area contributed by atoms with Gasteiger partial charge in [-0.3, -0.25) is 34.3 Å². The van der Waals surface area contributed by atoms with Crippen LogP contribution in [0, 0.1) is 23.1 Å². The minimum Gasteiger partial charge on any atom is -0.495 e. The first-order chi connectivity index (χ1) is 33.3. The molecule has 0 saturated carbocycles. The van der Waals surface area contributed by atoms with Crippen molar-refractivity contribution in [3.63, 3.8) is 0 Å². The summed E-state index contributed by atoms with van der Waals surface area (Å²) in [5.74, 6) is 2.66. The van der Waals surface area contributed by atoms with E-state index in [1.54, 1.807) is 35.2 Å². The van der Waals surface area contributed by atoms with Crippen molar-refractivity contribution in [3.05, 3.63) is 117 Å². The van der Waals surface area contributed by atoms with Crippen LogP contribution >= 0.6 is 11.6 Å². The zero-order chi connectivity index (χ0) is 49.9. The number of carbonyl (C=O) groups is 5. The molecule has 3 saturated heterocycles. The lowest BCUT2D eigenvalue weighted by molar-refractivity contribution is -0.141. The number of nitrogens with one attached hydrogen (secondary N) is 4. The van der Waals surface area contributed by atoms with Gasteiger partial charge in [0.2, 0.25) is 17.7 Å². The number of pyridine rings is 1. The van der Waals surface area contributed by atoms with Gasteiger partial charge in [0.1, 0.15) is 29.4 Å². The van der Waals surface area contributed by atoms with Crippen LogP contribution in [0.2, 0.25) is 5.02 Å². The van der Waals surface area contributed by atoms with Crippen LogP contribution in [-0.4, -0.2) is 102 Å². The zero-order valence-corrected chi connectivity index (χ0v) is 39.4. The molecule has 0 bridgehead atoms. The molecule has 366 valence electrons. The minimum atomic E-state index is -4.71. The summed E-state index contributed by atoms with van der Waals surface area (Å²) in [4.78, 5) is 73.3. The average Bonchev–Trinajstić information content (AvgIpc) is 3.89. The smallest absolute Gasteiger partial charge is 0.433 e. The van der Waals surface area contributed by atoms with Gasteiger partial charge in [-0.1, -0.05) is 62.4 Å². The Morgan fingerprint density at radius 1 is 1.04 bits per heavy atom. The number of ether oxygens (including phenoxy) is 2. The Morgan fingerprint density at radius 2 is 1.83 bits per heavy atom. The van der Waals surface area contributed by atoms with Gasteiger partial charge in [-0.25, -0.2) is 4.39 Å². The molecule has 70 heavy (non-hydrogen) atoms. The maximum atomic E-state index is 16.3. The Bertz CT molecular complexity index is 2880. The molecule has 9 rings (SSSR count). The third kappa shape index (κ3) is 9.06. The summed E-state index contributed by atoms with van der Waals surface area (Å²) in [6.07, 6.45) is -2.87. The first-order valence-electron chi connectivity index (χ1n) is 23.0. The van der Waals surface area contributed by atoms with Gasteiger partial charge in [-0.15, -0.1) is 0 Å². The average molecular weight is 984 g/mol. The highest BCUT2D eigenvalue weighted by Gasteiger charge is 2.62. The summed E-state index contributed by atoms with van der Waals surface area (Å²) in [6, 6.07) is 12.8. The number of hydrogen-bond acceptors (Lipinski definition) is 10. The van der Waals surface area contributed by atoms with E-state index in [0.29, 0.717) is 41.6 Å². The second-order valence-electron chi connectivity index (χ2n) is 19.4. The number of fused-ring (bicyclic) bond motifs is 3. The largest absolute Gasteiger partial charge is 0.495 e. The number of piperidine rings is 1. The Hall–Kier alpha value is -6.55. The fraction of sp³-hybridized carbons (Fsp3) is 0.412. The number of anilines is 2. The molecule has 14 nitrogen and oxygen atoms in total. The lowest BCUT2D eigenvalue weighted by atomic mass is 9.63. The minimum absolute atomic E-state index is 0.0679. The lowest BCUT2D eigenvalue weighted by Crippen LogP contribution is -2.52. The summed E-state index contributed by atoms with van der Waals surface area (Å²) >= 11 is 6.36. The van der Waals surface area contributed by atoms with Gasteiger partial charge < -0.3 is 35.2 Å². The van der Waals surface area contributed by atoms with E-state index in [-0.39, 0.29) is 95.5 Å². The zero-order valence-electron chi connectivity index (χ0n) is 38.7. The van der Waals surface area contributed by atoms with Gasteiger partial charge in [-0.2, -0.15) is 13.2 Å². The van der Waals surface area contributed by atoms with Crippen LogP contribution in [0.15, 0.2) is 66.9 Å². The number of benzene rings is 3. The first kappa shape index (κ1) is 48.5. The Labute approximate surface area is 406 Å². The second kappa shape index (κ2) is 18.6. The molecule has 4 N–H and O–H groups in total. The highest BCUT2D eigenvalue weighted by molar-refractivity contribution is 6.30. The molecule has 3 fully saturated rings. The van der Waals surface area contributed by atoms with Gasteiger partial charge in [0, 0.05) is 90.5 Å². The summed E-state index contributed by atoms with van der Waals surface area (Å²) < 4.78 is 69.8. The molecule has 0 aliphatic carbocycles. The number of carbonyl (C=O) groups excluding carboxylic acids is 5. The van der Waals surface area contributed by atoms with Crippen molar-refractivity contribution in [1.82, 2.24) is 25.4 Å². The first-order valence-corrected chi connectivity index (χ1v) is 23.3. The van der Waals surface area contributed by atoms with Crippen molar-refractivity contribution >= 4 is 52.5 Å². The van der Waals surface area contributed by atoms with Crippen molar-refractivity contribution in [2.45, 2.75) is 94.7 Å². The highest BCUT2D eigenvalue weighted by Crippen LogP contribution is 2.57. The third-order valence-electron chi connectivity index (χ3n) is 13.9. The van der Waals surface area contributed by atoms with E-state index in [4.69, 9.17) is 21.1 Å². The van der Waals surface area contributed by atoms with Crippen LogP contribution in [-0.2, 0) is 37.3 Å². The molecule has 3 aromatic carbocycles. The fourth-order valence-corrected chi connectivity index (χ4v) is 10.8. The van der Waals surface area contributed by atoms with E-state index in [1.165, 1.54) is 42.5 Å². The molecule has 1 spiro atoms. The third-order valence-corrected chi connectivity index (χ3v) is 14.2. The fourth-order valence-electron chi connectivity index (χ4n) is 10.6. The Balaban J connectivity index is 0.925. The summed E-state index contributed by atoms with van der Waals surface area (Å²) in [5, 5.41) is 11.7. The maximum Gasteiger partial charge on any atom is 0.433 e. The number of alkyl halides is 3. The maximum absolute atomic E-state index is 16.3. The monoisotopic (exact) mass is 983 g/mol. The summed E-state index contributed by atoms with van der Waals surface area (Å²) in [5.41, 5.74) is 0.327. The van der Waals surface area contributed by atoms with Crippen molar-refractivity contribution < 1.29 is 51.0 Å². The lowest BCUT2D eigenvalue weighted by Gasteiger charge is -2.39. The van der Waals surface area contributed by atoms with Crippen LogP contribution < -0.4 is 26.0 Å². The molecular weight excluding hydrogens is 934 g/mol. The molecule has 6 heterocycles. The van der Waals surface area contributed by atoms with Crippen molar-refractivity contribution in [1.29, 1.82) is 0 Å². The SMILES string of the molecule is COc1cc(C(=O)N2CCO[C@H](C#Cc3cccc4c3CN(C3CCC(=O)NC3=O)C4=O)CC2)ccc1NC(=O)[C@@H]1N[C@@H](CC(C)(C)C)[C@@]2(CNc3cc(C(F)(F)F)ncc32)[C@H]1c1cccc(Cl)c1F. The molecule has 1 aromatic heterocycles. The van der Waals surface area contributed by atoms with Gasteiger partial charge in [0.05, 0.1) is 30.5 Å². The van der Waals surface area contributed by atoms with Gasteiger partial charge in [-0.05, 0) is 71.8 Å². The molecule has 4 aromatic rings. The Kier molecular flexibility index (Phi) is 12.9. The van der Waals surface area contributed by atoms with Crippen LogP contribution in [0.3, 0.4) is 0 Å². The van der Waals surface area contributed by atoms with Gasteiger partial charge >= 0.3 is 6.18 Å². The Morgan fingerprint density at radius 3 is 2.57 bits per heavy atom. The van der Waals surface area contributed by atoms with E-state index >= 15 is 4.39 Å². The topological polar surface area (TPSA) is 171 Å². The number of amides is 5. The van der Waals surface area contributed by atoms with Crippen molar-refractivity contribution in [2.24, 2.45) is 5.41 Å². The molecule has 5 aliphatic heterocycles. The number of imide groups is 1. The summed E-state index contributed by atoms with van der Waals surface area (Å²) in [6.45, 7) is 6.98. The number of halogens is 5. The van der Waals surface area contributed by atoms with Crippen LogP contribution in [0.25, 0.3) is 0 Å². The quantitative estimate of drug-likeness (QED) is 0.0877. The molecule has 19 heteroatoms. The number of nitrogens with zero attached hydrogens (tertiary/aromatic N) is 3. The molecule has 0 radical (unpaired) electrons. The second-order valence-corrected chi connectivity index (χ2v) is 19.8. The number of rotatable bonds is 7. The van der Waals surface area contributed by atoms with Crippen LogP contribution in [0.5, 0.6) is 5.75 Å². The normalized spacial score (nSPS) is 24.3. The number of aromatic nitrogens is 1. The number of methoxy groups -OCH3 is 1. The van der Waals surface area contributed by atoms with E-state index in [1.807, 2.05) is 20.8 Å². The highest BCUT2D eigenvalue weighted by atomic mass is 35.5. The van der Waals surface area contributed by atoms with Gasteiger partial charge in [0.15, 0.2) is 0 Å². The standard InChI is InChI=1S/C51H50ClF4N7O7/c1-49(2,3)23-40-50(26-58-36-22-39(51(54,55)56)57-24-33(36)50)42(31-9-6-10-34(52)43(31)53)44(60-40)46(66)59-35-14-12-28(21-38(35)69-4)47(67)62-18-17-29(70-20-19-62)13-11-27-7-5-8-30-32(27)25-63(48(30)68)37-15-16-41(64)61-45(37)65/h5-10,12,14,21-22,24,29,37,40,42,44,58,60H,15-20,23,25-26H2,1-4H3,(H,59,66)(H,61,64,65)/t29-,37?,40+,42+,44-,50+/m1/s1. The van der Waals surface area contributed by atoms with Crippen LogP contribution in [0.4, 0.5) is 28.9 Å². The molecule has 5 amide bonds. The summed E-state index contributed by atoms with van der Waals surface area (Å²) in [7, 11) is 1.39. The predicted octanol–water partition coefficient (Wildman–Crippen LogP) is 6.81. The van der Waals surface area contributed by atoms with Crippen molar-refractivity contribution in [3.8, 4) is 17.6 Å². The van der Waals surface area contributed by atoms with E-state index in [2.05, 4.69) is 38.1 Å². The number of hydrogen-bond donors (Lipinski definition) is 4. The van der Waals surface area contributed by atoms with E-state index < -0.39 is 65.1 Å². The van der Waals surface area contributed by atoms with Crippen molar-refractivity contribution in [2.75, 3.05) is 44.0 Å². The van der Waals surface area contributed by atoms with E-state index in [0.717, 1.165) is 6.07 Å². The molecule has 1 unspecified atom stereocenters. The molecule has 6 atom stereocenters.